The molecule has 1 aromatic rings. The number of nitrogens with two attached hydrogens (primary N) is 1. The molecule has 6 heteroatoms. The Balaban J connectivity index is 1.63. The highest BCUT2D eigenvalue weighted by Gasteiger charge is 2.28. The second kappa shape index (κ2) is 7.10. The van der Waals surface area contributed by atoms with Crippen molar-refractivity contribution in [2.45, 2.75) is 31.8 Å². The molecule has 3 rings (SSSR count). The fraction of sp³-hybridized carbons (Fsp3) is 0.529. The molecule has 2 aliphatic rings. The Morgan fingerprint density at radius 2 is 2.22 bits per heavy atom. The number of primary amides is 1. The number of anilines is 1. The summed E-state index contributed by atoms with van der Waals surface area (Å²) in [5.74, 6) is -0.125. The fourth-order valence-electron chi connectivity index (χ4n) is 3.44. The number of hydrogen-bond acceptors (Lipinski definition) is 4. The van der Waals surface area contributed by atoms with Gasteiger partial charge < -0.3 is 16.4 Å². The third-order valence-electron chi connectivity index (χ3n) is 4.70. The summed E-state index contributed by atoms with van der Waals surface area (Å²) in [6, 6.07) is 7.67. The molecule has 2 fully saturated rings. The predicted molar refractivity (Wildman–Crippen MR) is 88.7 cm³/mol. The lowest BCUT2D eigenvalue weighted by Crippen LogP contribution is -2.39. The van der Waals surface area contributed by atoms with Crippen LogP contribution in [-0.2, 0) is 16.1 Å². The summed E-state index contributed by atoms with van der Waals surface area (Å²) in [5.41, 5.74) is 7.36. The first-order valence-corrected chi connectivity index (χ1v) is 8.27. The Labute approximate surface area is 136 Å². The van der Waals surface area contributed by atoms with Crippen molar-refractivity contribution >= 4 is 17.5 Å². The van der Waals surface area contributed by atoms with Crippen LogP contribution < -0.4 is 16.4 Å². The van der Waals surface area contributed by atoms with Gasteiger partial charge in [-0.05, 0) is 50.0 Å². The molecular formula is C17H24N4O2. The normalized spacial score (nSPS) is 24.7. The van der Waals surface area contributed by atoms with Crippen LogP contribution >= 0.6 is 0 Å². The van der Waals surface area contributed by atoms with E-state index in [9.17, 15) is 9.59 Å². The second-order valence-electron chi connectivity index (χ2n) is 6.41. The van der Waals surface area contributed by atoms with E-state index in [2.05, 4.69) is 15.5 Å². The average Bonchev–Trinajstić information content (AvgIpc) is 3.18. The van der Waals surface area contributed by atoms with Gasteiger partial charge in [-0.2, -0.15) is 0 Å². The molecule has 2 atom stereocenters. The number of rotatable bonds is 5. The van der Waals surface area contributed by atoms with Crippen molar-refractivity contribution in [1.29, 1.82) is 0 Å². The Hall–Kier alpha value is -1.92. The number of carbonyl (C=O) groups is 2. The SMILES string of the molecule is NC(=O)C1CCCN1Cc1cccc(NC(=O)C2CCNC2)c1. The van der Waals surface area contributed by atoms with Crippen LogP contribution in [0.3, 0.4) is 0 Å². The van der Waals surface area contributed by atoms with E-state index < -0.39 is 0 Å². The van der Waals surface area contributed by atoms with Crippen LogP contribution in [0.1, 0.15) is 24.8 Å². The predicted octanol–water partition coefficient (Wildman–Crippen LogP) is 0.684. The standard InChI is InChI=1S/C17H24N4O2/c18-16(22)15-5-2-8-21(15)11-12-3-1-4-14(9-12)20-17(23)13-6-7-19-10-13/h1,3-4,9,13,15,19H,2,5-8,10-11H2,(H2,18,22)(H,20,23). The second-order valence-corrected chi connectivity index (χ2v) is 6.41. The molecule has 6 nitrogen and oxygen atoms in total. The summed E-state index contributed by atoms with van der Waals surface area (Å²) < 4.78 is 0. The summed E-state index contributed by atoms with van der Waals surface area (Å²) >= 11 is 0. The van der Waals surface area contributed by atoms with Gasteiger partial charge in [0.1, 0.15) is 0 Å². The number of carbonyl (C=O) groups excluding carboxylic acids is 2. The van der Waals surface area contributed by atoms with Crippen molar-refractivity contribution in [2.24, 2.45) is 11.7 Å². The third-order valence-corrected chi connectivity index (χ3v) is 4.70. The maximum Gasteiger partial charge on any atom is 0.234 e. The quantitative estimate of drug-likeness (QED) is 0.745. The zero-order chi connectivity index (χ0) is 16.2. The number of nitrogens with zero attached hydrogens (tertiary/aromatic N) is 1. The topological polar surface area (TPSA) is 87.5 Å². The van der Waals surface area contributed by atoms with E-state index >= 15 is 0 Å². The Morgan fingerprint density at radius 1 is 1.35 bits per heavy atom. The van der Waals surface area contributed by atoms with Crippen LogP contribution in [-0.4, -0.2) is 42.4 Å². The molecule has 0 saturated carbocycles. The number of likely N-dealkylation sites (tertiary alicyclic amines) is 1. The first-order chi connectivity index (χ1) is 11.1. The first-order valence-electron chi connectivity index (χ1n) is 8.27. The van der Waals surface area contributed by atoms with Crippen LogP contribution in [0.2, 0.25) is 0 Å². The average molecular weight is 316 g/mol. The van der Waals surface area contributed by atoms with Gasteiger partial charge >= 0.3 is 0 Å². The molecule has 0 aliphatic carbocycles. The Bertz CT molecular complexity index is 584. The molecule has 0 aromatic heterocycles. The molecule has 2 amide bonds. The van der Waals surface area contributed by atoms with E-state index in [-0.39, 0.29) is 23.8 Å². The highest BCUT2D eigenvalue weighted by molar-refractivity contribution is 5.93. The van der Waals surface area contributed by atoms with Crippen molar-refractivity contribution < 1.29 is 9.59 Å². The van der Waals surface area contributed by atoms with E-state index in [1.54, 1.807) is 0 Å². The van der Waals surface area contributed by atoms with Gasteiger partial charge in [-0.15, -0.1) is 0 Å². The lowest BCUT2D eigenvalue weighted by Gasteiger charge is -2.22. The molecule has 0 bridgehead atoms. The monoisotopic (exact) mass is 316 g/mol. The van der Waals surface area contributed by atoms with E-state index in [0.717, 1.165) is 50.1 Å². The summed E-state index contributed by atoms with van der Waals surface area (Å²) in [6.45, 7) is 3.22. The Kier molecular flexibility index (Phi) is 4.93. The maximum absolute atomic E-state index is 12.2. The van der Waals surface area contributed by atoms with Gasteiger partial charge in [-0.25, -0.2) is 0 Å². The van der Waals surface area contributed by atoms with Gasteiger partial charge in [-0.3, -0.25) is 14.5 Å². The van der Waals surface area contributed by atoms with Crippen LogP contribution in [0.25, 0.3) is 0 Å². The molecule has 1 aromatic carbocycles. The zero-order valence-electron chi connectivity index (χ0n) is 13.3. The smallest absolute Gasteiger partial charge is 0.234 e. The largest absolute Gasteiger partial charge is 0.368 e. The summed E-state index contributed by atoms with van der Waals surface area (Å²) in [4.78, 5) is 25.8. The third kappa shape index (κ3) is 3.89. The van der Waals surface area contributed by atoms with Gasteiger partial charge in [0.15, 0.2) is 0 Å². The molecule has 0 spiro atoms. The lowest BCUT2D eigenvalue weighted by molar-refractivity contribution is -0.122. The van der Waals surface area contributed by atoms with Crippen molar-refractivity contribution in [1.82, 2.24) is 10.2 Å². The highest BCUT2D eigenvalue weighted by Crippen LogP contribution is 2.21. The molecule has 23 heavy (non-hydrogen) atoms. The van der Waals surface area contributed by atoms with Gasteiger partial charge in [-0.1, -0.05) is 12.1 Å². The van der Waals surface area contributed by atoms with Crippen molar-refractivity contribution in [3.63, 3.8) is 0 Å². The highest BCUT2D eigenvalue weighted by atomic mass is 16.2. The van der Waals surface area contributed by atoms with E-state index in [0.29, 0.717) is 6.54 Å². The minimum Gasteiger partial charge on any atom is -0.368 e. The molecule has 2 aliphatic heterocycles. The summed E-state index contributed by atoms with van der Waals surface area (Å²) in [7, 11) is 0. The van der Waals surface area contributed by atoms with Gasteiger partial charge in [0.25, 0.3) is 0 Å². The van der Waals surface area contributed by atoms with E-state index in [1.807, 2.05) is 24.3 Å². The molecule has 0 radical (unpaired) electrons. The number of benzene rings is 1. The van der Waals surface area contributed by atoms with Crippen LogP contribution in [0.4, 0.5) is 5.69 Å². The fourth-order valence-corrected chi connectivity index (χ4v) is 3.44. The molecule has 4 N–H and O–H groups in total. The van der Waals surface area contributed by atoms with Crippen molar-refractivity contribution in [3.05, 3.63) is 29.8 Å². The summed E-state index contributed by atoms with van der Waals surface area (Å²) in [6.07, 6.45) is 2.72. The minimum atomic E-state index is -0.249. The van der Waals surface area contributed by atoms with E-state index in [1.165, 1.54) is 0 Å². The van der Waals surface area contributed by atoms with E-state index in [4.69, 9.17) is 5.73 Å². The molecule has 2 heterocycles. The van der Waals surface area contributed by atoms with Crippen LogP contribution in [0.15, 0.2) is 24.3 Å². The number of nitrogens with one attached hydrogen (secondary N) is 2. The van der Waals surface area contributed by atoms with Crippen LogP contribution in [0.5, 0.6) is 0 Å². The molecule has 2 unspecified atom stereocenters. The van der Waals surface area contributed by atoms with Crippen molar-refractivity contribution in [3.8, 4) is 0 Å². The molecular weight excluding hydrogens is 292 g/mol. The molecule has 2 saturated heterocycles. The van der Waals surface area contributed by atoms with Crippen LogP contribution in [0, 0.1) is 5.92 Å². The summed E-state index contributed by atoms with van der Waals surface area (Å²) in [5, 5.41) is 6.20. The minimum absolute atomic E-state index is 0.0523. The molecule has 124 valence electrons. The Morgan fingerprint density at radius 3 is 2.96 bits per heavy atom. The van der Waals surface area contributed by atoms with Crippen molar-refractivity contribution in [2.75, 3.05) is 25.0 Å². The van der Waals surface area contributed by atoms with Gasteiger partial charge in [0.2, 0.25) is 11.8 Å². The number of hydrogen-bond donors (Lipinski definition) is 3. The van der Waals surface area contributed by atoms with Gasteiger partial charge in [0.05, 0.1) is 12.0 Å². The van der Waals surface area contributed by atoms with Gasteiger partial charge in [0, 0.05) is 18.8 Å². The first kappa shape index (κ1) is 16.0. The number of amides is 2. The lowest BCUT2D eigenvalue weighted by atomic mass is 10.1. The zero-order valence-corrected chi connectivity index (χ0v) is 13.3. The maximum atomic E-state index is 12.2.